The highest BCUT2D eigenvalue weighted by Gasteiger charge is 2.27. The normalized spacial score (nSPS) is 19.0. The van der Waals surface area contributed by atoms with Crippen LogP contribution in [-0.4, -0.2) is 18.0 Å². The average molecular weight is 288 g/mol. The molecule has 1 aromatic heterocycles. The van der Waals surface area contributed by atoms with Crippen molar-refractivity contribution in [1.29, 1.82) is 0 Å². The van der Waals surface area contributed by atoms with Crippen molar-refractivity contribution in [1.82, 2.24) is 4.98 Å². The van der Waals surface area contributed by atoms with Crippen molar-refractivity contribution in [2.24, 2.45) is 5.92 Å². The lowest BCUT2D eigenvalue weighted by Gasteiger charge is -2.27. The first kappa shape index (κ1) is 14.3. The standard InChI is InChI=1S/C14H22ClNOS/c1-17-13(11-6-3-2-4-7-11)14-16-12(10-18-14)8-5-9-15/h10-11,13H,2-9H2,1H3. The molecule has 2 nitrogen and oxygen atoms in total. The van der Waals surface area contributed by atoms with Gasteiger partial charge in [0.1, 0.15) is 11.1 Å². The van der Waals surface area contributed by atoms with Gasteiger partial charge >= 0.3 is 0 Å². The van der Waals surface area contributed by atoms with E-state index in [4.69, 9.17) is 21.3 Å². The van der Waals surface area contributed by atoms with E-state index in [0.717, 1.165) is 17.8 Å². The SMILES string of the molecule is COC(c1nc(CCCCl)cs1)C1CCCCC1. The highest BCUT2D eigenvalue weighted by Crippen LogP contribution is 2.37. The summed E-state index contributed by atoms with van der Waals surface area (Å²) in [4.78, 5) is 4.73. The van der Waals surface area contributed by atoms with Gasteiger partial charge in [-0.2, -0.15) is 0 Å². The molecule has 0 saturated heterocycles. The molecule has 1 aromatic rings. The van der Waals surface area contributed by atoms with E-state index >= 15 is 0 Å². The molecule has 4 heteroatoms. The van der Waals surface area contributed by atoms with E-state index in [9.17, 15) is 0 Å². The lowest BCUT2D eigenvalue weighted by Crippen LogP contribution is -2.17. The first-order chi connectivity index (χ1) is 8.85. The summed E-state index contributed by atoms with van der Waals surface area (Å²) >= 11 is 7.47. The fourth-order valence-electron chi connectivity index (χ4n) is 2.75. The van der Waals surface area contributed by atoms with Crippen LogP contribution in [0.5, 0.6) is 0 Å². The quantitative estimate of drug-likeness (QED) is 0.714. The van der Waals surface area contributed by atoms with Crippen molar-refractivity contribution in [3.05, 3.63) is 16.1 Å². The molecule has 1 aliphatic carbocycles. The Morgan fingerprint density at radius 3 is 2.89 bits per heavy atom. The maximum Gasteiger partial charge on any atom is 0.122 e. The minimum atomic E-state index is 0.208. The first-order valence-electron chi connectivity index (χ1n) is 6.88. The van der Waals surface area contributed by atoms with Gasteiger partial charge in [-0.1, -0.05) is 19.3 Å². The number of hydrogen-bond acceptors (Lipinski definition) is 3. The minimum absolute atomic E-state index is 0.208. The number of methoxy groups -OCH3 is 1. The third kappa shape index (κ3) is 3.69. The molecule has 102 valence electrons. The number of ether oxygens (including phenoxy) is 1. The smallest absolute Gasteiger partial charge is 0.122 e. The van der Waals surface area contributed by atoms with Crippen LogP contribution in [0.3, 0.4) is 0 Å². The van der Waals surface area contributed by atoms with E-state index in [-0.39, 0.29) is 6.10 Å². The Kier molecular flexibility index (Phi) is 5.93. The summed E-state index contributed by atoms with van der Waals surface area (Å²) in [6, 6.07) is 0. The van der Waals surface area contributed by atoms with Crippen LogP contribution in [0.25, 0.3) is 0 Å². The van der Waals surface area contributed by atoms with Gasteiger partial charge in [0.15, 0.2) is 0 Å². The van der Waals surface area contributed by atoms with Gasteiger partial charge < -0.3 is 4.74 Å². The van der Waals surface area contributed by atoms with Gasteiger partial charge in [-0.05, 0) is 31.6 Å². The maximum absolute atomic E-state index is 5.72. The van der Waals surface area contributed by atoms with E-state index in [0.29, 0.717) is 11.8 Å². The Morgan fingerprint density at radius 2 is 2.22 bits per heavy atom. The second-order valence-corrected chi connectivity index (χ2v) is 6.29. The van der Waals surface area contributed by atoms with Crippen molar-refractivity contribution in [2.45, 2.75) is 51.0 Å². The molecule has 0 spiro atoms. The van der Waals surface area contributed by atoms with E-state index in [1.165, 1.54) is 37.8 Å². The second-order valence-electron chi connectivity index (χ2n) is 5.02. The van der Waals surface area contributed by atoms with Crippen LogP contribution in [0.1, 0.15) is 55.3 Å². The summed E-state index contributed by atoms with van der Waals surface area (Å²) in [7, 11) is 1.82. The third-order valence-electron chi connectivity index (χ3n) is 3.71. The molecule has 18 heavy (non-hydrogen) atoms. The second kappa shape index (κ2) is 7.46. The highest BCUT2D eigenvalue weighted by molar-refractivity contribution is 7.09. The summed E-state index contributed by atoms with van der Waals surface area (Å²) < 4.78 is 5.72. The largest absolute Gasteiger partial charge is 0.374 e. The zero-order valence-corrected chi connectivity index (χ0v) is 12.6. The zero-order chi connectivity index (χ0) is 12.8. The molecule has 1 saturated carbocycles. The lowest BCUT2D eigenvalue weighted by molar-refractivity contribution is 0.0351. The number of thiazole rings is 1. The molecule has 2 rings (SSSR count). The van der Waals surface area contributed by atoms with Crippen LogP contribution >= 0.6 is 22.9 Å². The fourth-order valence-corrected chi connectivity index (χ4v) is 3.90. The molecule has 0 bridgehead atoms. The summed E-state index contributed by atoms with van der Waals surface area (Å²) in [6.07, 6.45) is 8.84. The monoisotopic (exact) mass is 287 g/mol. The van der Waals surface area contributed by atoms with Crippen molar-refractivity contribution in [3.8, 4) is 0 Å². The summed E-state index contributed by atoms with van der Waals surface area (Å²) in [5.41, 5.74) is 1.17. The summed E-state index contributed by atoms with van der Waals surface area (Å²) in [5, 5.41) is 3.32. The van der Waals surface area contributed by atoms with E-state index in [1.54, 1.807) is 11.3 Å². The molecule has 0 aliphatic heterocycles. The molecule has 0 amide bonds. The molecule has 0 N–H and O–H groups in total. The van der Waals surface area contributed by atoms with Crippen molar-refractivity contribution in [3.63, 3.8) is 0 Å². The molecular formula is C14H22ClNOS. The first-order valence-corrected chi connectivity index (χ1v) is 8.29. The van der Waals surface area contributed by atoms with Crippen LogP contribution in [0.15, 0.2) is 5.38 Å². The molecule has 1 atom stereocenters. The fraction of sp³-hybridized carbons (Fsp3) is 0.786. The summed E-state index contributed by atoms with van der Waals surface area (Å²) in [6.45, 7) is 0. The van der Waals surface area contributed by atoms with Gasteiger partial charge in [0, 0.05) is 18.4 Å². The molecule has 0 radical (unpaired) electrons. The molecule has 1 fully saturated rings. The highest BCUT2D eigenvalue weighted by atomic mass is 35.5. The Morgan fingerprint density at radius 1 is 1.44 bits per heavy atom. The van der Waals surface area contributed by atoms with Crippen molar-refractivity contribution < 1.29 is 4.74 Å². The number of alkyl halides is 1. The molecule has 1 aliphatic rings. The van der Waals surface area contributed by atoms with Crippen LogP contribution < -0.4 is 0 Å². The predicted molar refractivity (Wildman–Crippen MR) is 77.5 cm³/mol. The van der Waals surface area contributed by atoms with Crippen LogP contribution in [-0.2, 0) is 11.2 Å². The van der Waals surface area contributed by atoms with E-state index < -0.39 is 0 Å². The van der Waals surface area contributed by atoms with Crippen molar-refractivity contribution in [2.75, 3.05) is 13.0 Å². The molecule has 1 heterocycles. The Hall–Kier alpha value is -0.120. The Labute approximate surface area is 119 Å². The number of halogens is 1. The number of rotatable bonds is 6. The average Bonchev–Trinajstić information content (AvgIpc) is 2.87. The molecule has 1 unspecified atom stereocenters. The van der Waals surface area contributed by atoms with Gasteiger partial charge in [0.2, 0.25) is 0 Å². The van der Waals surface area contributed by atoms with E-state index in [1.807, 2.05) is 7.11 Å². The van der Waals surface area contributed by atoms with Gasteiger partial charge in [-0.3, -0.25) is 0 Å². The number of nitrogens with zero attached hydrogens (tertiary/aromatic N) is 1. The van der Waals surface area contributed by atoms with Crippen LogP contribution in [0, 0.1) is 5.92 Å². The number of aromatic nitrogens is 1. The van der Waals surface area contributed by atoms with Crippen molar-refractivity contribution >= 4 is 22.9 Å². The summed E-state index contributed by atoms with van der Waals surface area (Å²) in [5.74, 6) is 1.37. The van der Waals surface area contributed by atoms with E-state index in [2.05, 4.69) is 5.38 Å². The lowest BCUT2D eigenvalue weighted by atomic mass is 9.85. The van der Waals surface area contributed by atoms with Gasteiger partial charge in [0.25, 0.3) is 0 Å². The minimum Gasteiger partial charge on any atom is -0.374 e. The van der Waals surface area contributed by atoms with Gasteiger partial charge in [0.05, 0.1) is 5.69 Å². The number of hydrogen-bond donors (Lipinski definition) is 0. The third-order valence-corrected chi connectivity index (χ3v) is 4.93. The topological polar surface area (TPSA) is 22.1 Å². The van der Waals surface area contributed by atoms with Crippen LogP contribution in [0.2, 0.25) is 0 Å². The Balaban J connectivity index is 1.99. The number of aryl methyl sites for hydroxylation is 1. The molecule has 0 aromatic carbocycles. The Bertz CT molecular complexity index is 349. The predicted octanol–water partition coefficient (Wildman–Crippen LogP) is 4.58. The zero-order valence-electron chi connectivity index (χ0n) is 11.0. The molecular weight excluding hydrogens is 266 g/mol. The maximum atomic E-state index is 5.72. The van der Waals surface area contributed by atoms with Gasteiger partial charge in [-0.15, -0.1) is 22.9 Å². The van der Waals surface area contributed by atoms with Gasteiger partial charge in [-0.25, -0.2) is 4.98 Å². The van der Waals surface area contributed by atoms with Crippen LogP contribution in [0.4, 0.5) is 0 Å².